The smallest absolute Gasteiger partial charge is 0.200 e. The number of nitrogen functional groups attached to an aromatic ring is 2. The number of unbranched alkanes of at least 4 members (excludes halogenated alkanes) is 2. The van der Waals surface area contributed by atoms with E-state index in [0.717, 1.165) is 17.5 Å². The number of aliphatic hydroxyl groups is 1. The maximum Gasteiger partial charge on any atom is 0.200 e. The van der Waals surface area contributed by atoms with Crippen LogP contribution in [0.1, 0.15) is 26.2 Å². The van der Waals surface area contributed by atoms with Crippen molar-refractivity contribution in [2.75, 3.05) is 18.1 Å². The van der Waals surface area contributed by atoms with Crippen LogP contribution in [0.3, 0.4) is 0 Å². The van der Waals surface area contributed by atoms with Crippen LogP contribution in [0.5, 0.6) is 0 Å². The molecule has 0 aromatic carbocycles. The number of nitrogens with two attached hydrogens (primary N) is 2. The van der Waals surface area contributed by atoms with Gasteiger partial charge in [0.15, 0.2) is 15.5 Å². The van der Waals surface area contributed by atoms with Gasteiger partial charge in [-0.2, -0.15) is 4.98 Å². The van der Waals surface area contributed by atoms with Gasteiger partial charge in [0.1, 0.15) is 10.5 Å². The Labute approximate surface area is 114 Å². The lowest BCUT2D eigenvalue weighted by molar-refractivity contribution is 0.284. The van der Waals surface area contributed by atoms with E-state index in [9.17, 15) is 0 Å². The van der Waals surface area contributed by atoms with Crippen molar-refractivity contribution >= 4 is 44.9 Å². The summed E-state index contributed by atoms with van der Waals surface area (Å²) in [6.45, 7) is 2.48. The van der Waals surface area contributed by atoms with Gasteiger partial charge in [0, 0.05) is 6.61 Å². The molecule has 2 aromatic heterocycles. The van der Waals surface area contributed by atoms with Gasteiger partial charge in [-0.25, -0.2) is 4.98 Å². The van der Waals surface area contributed by atoms with E-state index < -0.39 is 0 Å². The van der Waals surface area contributed by atoms with Gasteiger partial charge in [-0.3, -0.25) is 0 Å². The van der Waals surface area contributed by atoms with Crippen molar-refractivity contribution in [1.29, 1.82) is 0 Å². The lowest BCUT2D eigenvalue weighted by Crippen LogP contribution is -1.92. The molecule has 6 N–H and O–H groups in total. The molecule has 0 radical (unpaired) electrons. The Hall–Kier alpha value is -1.25. The van der Waals surface area contributed by atoms with Crippen molar-refractivity contribution in [2.24, 2.45) is 0 Å². The topological polar surface area (TPSA) is 114 Å². The molecule has 0 aliphatic heterocycles. The molecule has 6 nitrogen and oxygen atoms in total. The molecule has 0 spiro atoms. The second kappa shape index (κ2) is 7.24. The van der Waals surface area contributed by atoms with Crippen LogP contribution in [0.2, 0.25) is 0 Å². The number of fused-ring (bicyclic) bond motifs is 1. The highest BCUT2D eigenvalue weighted by atomic mass is 32.1. The average molecular weight is 287 g/mol. The van der Waals surface area contributed by atoms with Gasteiger partial charge < -0.3 is 21.6 Å². The molecule has 8 heteroatoms. The van der Waals surface area contributed by atoms with Gasteiger partial charge in [0.2, 0.25) is 0 Å². The number of hydrogen-bond donors (Lipinski definition) is 4. The van der Waals surface area contributed by atoms with Gasteiger partial charge in [-0.1, -0.05) is 31.1 Å². The predicted molar refractivity (Wildman–Crippen MR) is 78.0 cm³/mol. The minimum absolute atomic E-state index is 0.324. The third-order valence-corrected chi connectivity index (χ3v) is 3.18. The molecule has 0 saturated carbocycles. The Bertz CT molecular complexity index is 547. The molecule has 0 bridgehead atoms. The molecule has 0 aliphatic carbocycles. The molecular formula is C10H17N5OS2. The first kappa shape index (κ1) is 14.8. The van der Waals surface area contributed by atoms with E-state index in [4.69, 9.17) is 28.8 Å². The molecule has 0 amide bonds. The normalized spacial score (nSPS) is 10.1. The van der Waals surface area contributed by atoms with Crippen LogP contribution in [0.4, 0.5) is 10.9 Å². The molecule has 0 fully saturated rings. The summed E-state index contributed by atoms with van der Waals surface area (Å²) < 4.78 is 1.08. The molecular weight excluding hydrogens is 270 g/mol. The number of thiazole rings is 1. The van der Waals surface area contributed by atoms with Gasteiger partial charge in [0.25, 0.3) is 0 Å². The molecule has 0 aliphatic rings. The highest BCUT2D eigenvalue weighted by molar-refractivity contribution is 7.71. The summed E-state index contributed by atoms with van der Waals surface area (Å²) in [6.07, 6.45) is 3.33. The predicted octanol–water partition coefficient (Wildman–Crippen LogP) is 2.08. The van der Waals surface area contributed by atoms with E-state index >= 15 is 0 Å². The summed E-state index contributed by atoms with van der Waals surface area (Å²) in [4.78, 5) is 10.6. The maximum atomic E-state index is 8.20. The third kappa shape index (κ3) is 4.21. The number of nitrogens with one attached hydrogen (secondary N) is 1. The Morgan fingerprint density at radius 2 is 2.06 bits per heavy atom. The number of rotatable bonds is 3. The summed E-state index contributed by atoms with van der Waals surface area (Å²) in [5.74, 6) is 0.471. The Morgan fingerprint density at radius 1 is 1.33 bits per heavy atom. The van der Waals surface area contributed by atoms with E-state index in [2.05, 4.69) is 21.9 Å². The summed E-state index contributed by atoms with van der Waals surface area (Å²) in [5.41, 5.74) is 11.6. The monoisotopic (exact) mass is 287 g/mol. The van der Waals surface area contributed by atoms with Crippen molar-refractivity contribution in [2.45, 2.75) is 26.2 Å². The van der Waals surface area contributed by atoms with Crippen LogP contribution in [0.25, 0.3) is 10.3 Å². The van der Waals surface area contributed by atoms with E-state index in [1.54, 1.807) is 0 Å². The van der Waals surface area contributed by atoms with Crippen molar-refractivity contribution in [3.05, 3.63) is 4.77 Å². The van der Waals surface area contributed by atoms with Crippen molar-refractivity contribution in [3.8, 4) is 0 Å². The first-order valence-electron chi connectivity index (χ1n) is 5.61. The largest absolute Gasteiger partial charge is 0.396 e. The zero-order chi connectivity index (χ0) is 13.5. The number of anilines is 2. The van der Waals surface area contributed by atoms with Gasteiger partial charge >= 0.3 is 0 Å². The fourth-order valence-electron chi connectivity index (χ4n) is 1.24. The van der Waals surface area contributed by atoms with Crippen molar-refractivity contribution in [3.63, 3.8) is 0 Å². The lowest BCUT2D eigenvalue weighted by Gasteiger charge is -1.91. The number of H-pyrrole nitrogens is 1. The molecule has 0 saturated heterocycles. The molecule has 2 heterocycles. The fourth-order valence-corrected chi connectivity index (χ4v) is 2.12. The van der Waals surface area contributed by atoms with Crippen LogP contribution in [0, 0.1) is 4.77 Å². The maximum absolute atomic E-state index is 8.20. The van der Waals surface area contributed by atoms with Gasteiger partial charge in [-0.15, -0.1) is 0 Å². The quantitative estimate of drug-likeness (QED) is 0.507. The SMILES string of the molecule is CCCCCO.Nc1nc2nc(=S)[nH]c(N)c2s1. The number of aromatic nitrogens is 3. The number of aliphatic hydroxyl groups excluding tert-OH is 1. The van der Waals surface area contributed by atoms with Crippen LogP contribution >= 0.6 is 23.6 Å². The number of hydrogen-bond acceptors (Lipinski definition) is 7. The minimum atomic E-state index is 0.324. The zero-order valence-corrected chi connectivity index (χ0v) is 11.8. The van der Waals surface area contributed by atoms with Crippen molar-refractivity contribution < 1.29 is 5.11 Å². The first-order valence-corrected chi connectivity index (χ1v) is 6.83. The molecule has 100 valence electrons. The average Bonchev–Trinajstić information content (AvgIpc) is 2.68. The third-order valence-electron chi connectivity index (χ3n) is 2.08. The standard InChI is InChI=1S/C5H5N5S2.C5H12O/c6-2-1-3(9-4(7)12-1)10-5(11)8-2;1-2-3-4-5-6/h(H5,6,7,8,9,10,11);6H,2-5H2,1H3. The molecule has 0 atom stereocenters. The molecule has 0 unspecified atom stereocenters. The Morgan fingerprint density at radius 3 is 2.61 bits per heavy atom. The summed E-state index contributed by atoms with van der Waals surface area (Å²) in [5, 5.41) is 8.64. The van der Waals surface area contributed by atoms with Crippen LogP contribution in [-0.2, 0) is 0 Å². The first-order chi connectivity index (χ1) is 8.58. The van der Waals surface area contributed by atoms with Crippen LogP contribution in [-0.4, -0.2) is 26.7 Å². The molecule has 2 rings (SSSR count). The van der Waals surface area contributed by atoms with E-state index in [0.29, 0.717) is 28.0 Å². The zero-order valence-electron chi connectivity index (χ0n) is 10.1. The highest BCUT2D eigenvalue weighted by Crippen LogP contribution is 2.25. The Balaban J connectivity index is 0.000000232. The molecule has 2 aromatic rings. The van der Waals surface area contributed by atoms with Crippen molar-refractivity contribution in [1.82, 2.24) is 15.0 Å². The summed E-state index contributed by atoms with van der Waals surface area (Å²) in [6, 6.07) is 0. The van der Waals surface area contributed by atoms with Crippen LogP contribution in [0.15, 0.2) is 0 Å². The lowest BCUT2D eigenvalue weighted by atomic mass is 10.3. The number of nitrogens with zero attached hydrogens (tertiary/aromatic N) is 2. The highest BCUT2D eigenvalue weighted by Gasteiger charge is 2.05. The minimum Gasteiger partial charge on any atom is -0.396 e. The second-order valence-electron chi connectivity index (χ2n) is 3.59. The van der Waals surface area contributed by atoms with E-state index in [1.807, 2.05) is 0 Å². The fraction of sp³-hybridized carbons (Fsp3) is 0.500. The van der Waals surface area contributed by atoms with E-state index in [-0.39, 0.29) is 0 Å². The van der Waals surface area contributed by atoms with Gasteiger partial charge in [-0.05, 0) is 18.6 Å². The summed E-state index contributed by atoms with van der Waals surface area (Å²) >= 11 is 6.10. The summed E-state index contributed by atoms with van der Waals surface area (Å²) in [7, 11) is 0. The van der Waals surface area contributed by atoms with Gasteiger partial charge in [0.05, 0.1) is 0 Å². The Kier molecular flexibility index (Phi) is 5.96. The van der Waals surface area contributed by atoms with Crippen LogP contribution < -0.4 is 11.5 Å². The second-order valence-corrected chi connectivity index (χ2v) is 5.01. The molecule has 18 heavy (non-hydrogen) atoms. The van der Waals surface area contributed by atoms with E-state index in [1.165, 1.54) is 17.8 Å². The number of aromatic amines is 1.